The monoisotopic (exact) mass is 344 g/mol. The fraction of sp³-hybridized carbons (Fsp3) is 0.500. The molecule has 1 heterocycles. The van der Waals surface area contributed by atoms with Crippen molar-refractivity contribution in [1.82, 2.24) is 4.90 Å². The summed E-state index contributed by atoms with van der Waals surface area (Å²) in [6, 6.07) is 5.53. The van der Waals surface area contributed by atoms with Crippen molar-refractivity contribution in [3.8, 4) is 0 Å². The molecule has 0 aliphatic carbocycles. The van der Waals surface area contributed by atoms with Crippen LogP contribution in [0.15, 0.2) is 22.7 Å². The van der Waals surface area contributed by atoms with Crippen molar-refractivity contribution in [3.63, 3.8) is 0 Å². The van der Waals surface area contributed by atoms with Gasteiger partial charge in [0.25, 0.3) is 5.91 Å². The Labute approximate surface area is 127 Å². The summed E-state index contributed by atoms with van der Waals surface area (Å²) in [6.07, 6.45) is 1.88. The molecule has 1 fully saturated rings. The number of carbonyl (C=O) groups is 1. The van der Waals surface area contributed by atoms with E-state index in [9.17, 15) is 4.79 Å². The molecule has 2 atom stereocenters. The number of amides is 1. The predicted octanol–water partition coefficient (Wildman–Crippen LogP) is 3.30. The third-order valence-corrected chi connectivity index (χ3v) is 5.00. The summed E-state index contributed by atoms with van der Waals surface area (Å²) in [5, 5.41) is 0.562. The van der Waals surface area contributed by atoms with Crippen LogP contribution in [-0.4, -0.2) is 29.9 Å². The Balaban J connectivity index is 2.13. The second-order valence-corrected chi connectivity index (χ2v) is 6.26. The number of nitrogens with zero attached hydrogens (tertiary/aromatic N) is 1. The topological polar surface area (TPSA) is 46.3 Å². The van der Waals surface area contributed by atoms with E-state index in [1.54, 1.807) is 12.1 Å². The molecule has 0 radical (unpaired) electrons. The lowest BCUT2D eigenvalue weighted by molar-refractivity contribution is 0.0649. The summed E-state index contributed by atoms with van der Waals surface area (Å²) in [7, 11) is 0. The maximum atomic E-state index is 12.4. The molecule has 19 heavy (non-hydrogen) atoms. The molecule has 2 rings (SSSR count). The van der Waals surface area contributed by atoms with E-state index in [4.69, 9.17) is 17.3 Å². The average molecular weight is 346 g/mol. The first kappa shape index (κ1) is 14.8. The number of halogens is 2. The van der Waals surface area contributed by atoms with Gasteiger partial charge in [-0.3, -0.25) is 4.79 Å². The summed E-state index contributed by atoms with van der Waals surface area (Å²) >= 11 is 9.37. The molecule has 104 valence electrons. The van der Waals surface area contributed by atoms with Crippen LogP contribution in [0.25, 0.3) is 0 Å². The Bertz CT molecular complexity index is 481. The standard InChI is InChI=1S/C14H18BrClN2O/c1-2-9-8-18(6-5-13(9)17)14(19)10-3-4-11(15)12(16)7-10/h3-4,7,9,13H,2,5-6,8,17H2,1H3. The van der Waals surface area contributed by atoms with Gasteiger partial charge in [0.15, 0.2) is 0 Å². The molecule has 1 amide bonds. The maximum Gasteiger partial charge on any atom is 0.253 e. The predicted molar refractivity (Wildman–Crippen MR) is 81.4 cm³/mol. The highest BCUT2D eigenvalue weighted by Gasteiger charge is 2.28. The lowest BCUT2D eigenvalue weighted by Gasteiger charge is -2.36. The quantitative estimate of drug-likeness (QED) is 0.894. The van der Waals surface area contributed by atoms with E-state index in [0.29, 0.717) is 16.5 Å². The van der Waals surface area contributed by atoms with E-state index >= 15 is 0 Å². The van der Waals surface area contributed by atoms with Gasteiger partial charge in [0.1, 0.15) is 0 Å². The van der Waals surface area contributed by atoms with Crippen LogP contribution in [0.2, 0.25) is 5.02 Å². The first-order valence-corrected chi connectivity index (χ1v) is 7.70. The molecule has 1 saturated heterocycles. The van der Waals surface area contributed by atoms with E-state index < -0.39 is 0 Å². The highest BCUT2D eigenvalue weighted by molar-refractivity contribution is 9.10. The lowest BCUT2D eigenvalue weighted by Crippen LogP contribution is -2.49. The van der Waals surface area contributed by atoms with Crippen molar-refractivity contribution < 1.29 is 4.79 Å². The van der Waals surface area contributed by atoms with Gasteiger partial charge in [-0.15, -0.1) is 0 Å². The van der Waals surface area contributed by atoms with Crippen LogP contribution in [0.1, 0.15) is 30.1 Å². The zero-order valence-corrected chi connectivity index (χ0v) is 13.2. The lowest BCUT2D eigenvalue weighted by atomic mass is 9.90. The number of rotatable bonds is 2. The number of hydrogen-bond acceptors (Lipinski definition) is 2. The normalized spacial score (nSPS) is 23.5. The molecule has 1 aromatic rings. The Kier molecular flexibility index (Phi) is 4.87. The fourth-order valence-corrected chi connectivity index (χ4v) is 2.91. The molecule has 2 N–H and O–H groups in total. The molecule has 0 bridgehead atoms. The molecule has 1 aliphatic heterocycles. The number of nitrogens with two attached hydrogens (primary N) is 1. The zero-order chi connectivity index (χ0) is 14.0. The molecule has 3 nitrogen and oxygen atoms in total. The Hall–Kier alpha value is -0.580. The van der Waals surface area contributed by atoms with Crippen LogP contribution in [0, 0.1) is 5.92 Å². The van der Waals surface area contributed by atoms with E-state index in [1.165, 1.54) is 0 Å². The molecule has 1 aromatic carbocycles. The number of benzene rings is 1. The zero-order valence-electron chi connectivity index (χ0n) is 10.9. The molecular weight excluding hydrogens is 328 g/mol. The van der Waals surface area contributed by atoms with Crippen LogP contribution in [0.5, 0.6) is 0 Å². The van der Waals surface area contributed by atoms with Crippen molar-refractivity contribution in [2.24, 2.45) is 11.7 Å². The van der Waals surface area contributed by atoms with Crippen molar-refractivity contribution in [2.45, 2.75) is 25.8 Å². The van der Waals surface area contributed by atoms with E-state index in [2.05, 4.69) is 22.9 Å². The van der Waals surface area contributed by atoms with Gasteiger partial charge in [0, 0.05) is 29.2 Å². The summed E-state index contributed by atoms with van der Waals surface area (Å²) in [4.78, 5) is 14.3. The minimum atomic E-state index is 0.0414. The Morgan fingerprint density at radius 3 is 2.95 bits per heavy atom. The van der Waals surface area contributed by atoms with Crippen LogP contribution < -0.4 is 5.73 Å². The second-order valence-electron chi connectivity index (χ2n) is 5.00. The molecule has 1 aliphatic rings. The molecule has 0 saturated carbocycles. The molecule has 0 aromatic heterocycles. The first-order valence-electron chi connectivity index (χ1n) is 6.52. The van der Waals surface area contributed by atoms with Crippen molar-refractivity contribution >= 4 is 33.4 Å². The van der Waals surface area contributed by atoms with Crippen molar-refractivity contribution in [3.05, 3.63) is 33.3 Å². The summed E-state index contributed by atoms with van der Waals surface area (Å²) < 4.78 is 0.804. The molecule has 0 spiro atoms. The second kappa shape index (κ2) is 6.25. The smallest absolute Gasteiger partial charge is 0.253 e. The van der Waals surface area contributed by atoms with Crippen LogP contribution in [0.3, 0.4) is 0 Å². The minimum Gasteiger partial charge on any atom is -0.338 e. The van der Waals surface area contributed by atoms with Gasteiger partial charge in [-0.05, 0) is 46.5 Å². The van der Waals surface area contributed by atoms with Crippen molar-refractivity contribution in [1.29, 1.82) is 0 Å². The van der Waals surface area contributed by atoms with Crippen LogP contribution in [0.4, 0.5) is 0 Å². The van der Waals surface area contributed by atoms with E-state index in [-0.39, 0.29) is 11.9 Å². The molecule has 2 unspecified atom stereocenters. The van der Waals surface area contributed by atoms with Gasteiger partial charge in [0.05, 0.1) is 5.02 Å². The molecule has 5 heteroatoms. The van der Waals surface area contributed by atoms with Gasteiger partial charge in [-0.1, -0.05) is 24.9 Å². The average Bonchev–Trinajstić information content (AvgIpc) is 2.41. The Morgan fingerprint density at radius 2 is 2.32 bits per heavy atom. The SMILES string of the molecule is CCC1CN(C(=O)c2ccc(Br)c(Cl)c2)CCC1N. The fourth-order valence-electron chi connectivity index (χ4n) is 2.48. The van der Waals surface area contributed by atoms with Crippen LogP contribution in [-0.2, 0) is 0 Å². The highest BCUT2D eigenvalue weighted by atomic mass is 79.9. The van der Waals surface area contributed by atoms with Gasteiger partial charge < -0.3 is 10.6 Å². The van der Waals surface area contributed by atoms with Gasteiger partial charge in [0.2, 0.25) is 0 Å². The summed E-state index contributed by atoms with van der Waals surface area (Å²) in [5.74, 6) is 0.434. The van der Waals surface area contributed by atoms with Gasteiger partial charge >= 0.3 is 0 Å². The summed E-state index contributed by atoms with van der Waals surface area (Å²) in [5.41, 5.74) is 6.71. The van der Waals surface area contributed by atoms with Crippen molar-refractivity contribution in [2.75, 3.05) is 13.1 Å². The van der Waals surface area contributed by atoms with Gasteiger partial charge in [-0.2, -0.15) is 0 Å². The molecular formula is C14H18BrClN2O. The summed E-state index contributed by atoms with van der Waals surface area (Å²) in [6.45, 7) is 3.59. The maximum absolute atomic E-state index is 12.4. The number of piperidine rings is 1. The van der Waals surface area contributed by atoms with Crippen LogP contribution >= 0.6 is 27.5 Å². The van der Waals surface area contributed by atoms with Gasteiger partial charge in [-0.25, -0.2) is 0 Å². The third kappa shape index (κ3) is 3.30. The number of hydrogen-bond donors (Lipinski definition) is 1. The minimum absolute atomic E-state index is 0.0414. The largest absolute Gasteiger partial charge is 0.338 e. The third-order valence-electron chi connectivity index (χ3n) is 3.77. The first-order chi connectivity index (χ1) is 9.02. The highest BCUT2D eigenvalue weighted by Crippen LogP contribution is 2.25. The number of carbonyl (C=O) groups excluding carboxylic acids is 1. The van der Waals surface area contributed by atoms with E-state index in [1.807, 2.05) is 11.0 Å². The van der Waals surface area contributed by atoms with E-state index in [0.717, 1.165) is 30.4 Å². The number of likely N-dealkylation sites (tertiary alicyclic amines) is 1. The Morgan fingerprint density at radius 1 is 1.58 bits per heavy atom.